The maximum absolute atomic E-state index is 13.1. The highest BCUT2D eigenvalue weighted by molar-refractivity contribution is 9.10. The van der Waals surface area contributed by atoms with Gasteiger partial charge < -0.3 is 4.42 Å². The van der Waals surface area contributed by atoms with Crippen LogP contribution in [0.1, 0.15) is 5.76 Å². The van der Waals surface area contributed by atoms with Crippen LogP contribution in [0.3, 0.4) is 0 Å². The van der Waals surface area contributed by atoms with Crippen molar-refractivity contribution < 1.29 is 18.9 Å². The number of nitro groups is 1. The molecule has 0 unspecified atom stereocenters. The highest BCUT2D eigenvalue weighted by atomic mass is 79.9. The Labute approximate surface area is 199 Å². The van der Waals surface area contributed by atoms with Crippen LogP contribution < -0.4 is 10.2 Å². The van der Waals surface area contributed by atoms with Crippen LogP contribution in [-0.4, -0.2) is 21.9 Å². The largest absolute Gasteiger partial charge is 0.457 e. The molecular weight excluding hydrogens is 522 g/mol. The molecule has 0 bridgehead atoms. The fourth-order valence-corrected chi connectivity index (χ4v) is 3.98. The standard InChI is InChI=1S/C21H11BrClN3O5S/c22-11-2-1-3-12(8-11)25-20(28)16(19(27)24-21(25)32)10-14-5-7-18(31-14)15-6-4-13(26(29)30)9-17(15)23/h1-10H,(H,24,27,32)/b16-10+. The van der Waals surface area contributed by atoms with E-state index in [0.717, 1.165) is 4.47 Å². The highest BCUT2D eigenvalue weighted by Gasteiger charge is 2.34. The van der Waals surface area contributed by atoms with E-state index in [4.69, 9.17) is 28.2 Å². The summed E-state index contributed by atoms with van der Waals surface area (Å²) in [5.74, 6) is -0.726. The van der Waals surface area contributed by atoms with Crippen molar-refractivity contribution in [2.45, 2.75) is 0 Å². The van der Waals surface area contributed by atoms with E-state index in [1.807, 2.05) is 0 Å². The van der Waals surface area contributed by atoms with Crippen molar-refractivity contribution in [3.05, 3.63) is 85.5 Å². The molecule has 8 nitrogen and oxygen atoms in total. The van der Waals surface area contributed by atoms with E-state index in [1.165, 1.54) is 29.2 Å². The van der Waals surface area contributed by atoms with Gasteiger partial charge in [-0.15, -0.1) is 0 Å². The van der Waals surface area contributed by atoms with E-state index in [9.17, 15) is 19.7 Å². The average Bonchev–Trinajstić information content (AvgIpc) is 3.19. The summed E-state index contributed by atoms with van der Waals surface area (Å²) >= 11 is 14.7. The van der Waals surface area contributed by atoms with Crippen LogP contribution in [-0.2, 0) is 9.59 Å². The molecular formula is C21H11BrClN3O5S. The molecule has 1 aliphatic heterocycles. The number of thiocarbonyl (C=S) groups is 1. The van der Waals surface area contributed by atoms with E-state index in [-0.39, 0.29) is 27.2 Å². The van der Waals surface area contributed by atoms with Crippen molar-refractivity contribution in [1.29, 1.82) is 0 Å². The Hall–Kier alpha value is -3.34. The number of nitrogens with zero attached hydrogens (tertiary/aromatic N) is 2. The molecule has 1 N–H and O–H groups in total. The summed E-state index contributed by atoms with van der Waals surface area (Å²) < 4.78 is 6.45. The van der Waals surface area contributed by atoms with Crippen LogP contribution >= 0.6 is 39.7 Å². The highest BCUT2D eigenvalue weighted by Crippen LogP contribution is 2.33. The molecule has 2 aromatic carbocycles. The lowest BCUT2D eigenvalue weighted by Crippen LogP contribution is -2.54. The van der Waals surface area contributed by atoms with Gasteiger partial charge in [-0.2, -0.15) is 0 Å². The predicted octanol–water partition coefficient (Wildman–Crippen LogP) is 5.10. The van der Waals surface area contributed by atoms with Gasteiger partial charge in [0.25, 0.3) is 17.5 Å². The van der Waals surface area contributed by atoms with Crippen LogP contribution in [0.4, 0.5) is 11.4 Å². The van der Waals surface area contributed by atoms with Gasteiger partial charge in [-0.1, -0.05) is 33.6 Å². The first-order valence-electron chi connectivity index (χ1n) is 8.96. The number of carbonyl (C=O) groups is 2. The van der Waals surface area contributed by atoms with E-state index >= 15 is 0 Å². The smallest absolute Gasteiger partial charge is 0.270 e. The van der Waals surface area contributed by atoms with Crippen molar-refractivity contribution in [1.82, 2.24) is 5.32 Å². The molecule has 0 radical (unpaired) electrons. The first kappa shape index (κ1) is 21.9. The molecule has 32 heavy (non-hydrogen) atoms. The Kier molecular flexibility index (Phi) is 5.92. The predicted molar refractivity (Wildman–Crippen MR) is 126 cm³/mol. The molecule has 0 aliphatic carbocycles. The summed E-state index contributed by atoms with van der Waals surface area (Å²) in [6, 6.07) is 14.0. The van der Waals surface area contributed by atoms with E-state index in [2.05, 4.69) is 21.2 Å². The number of amides is 2. The second-order valence-electron chi connectivity index (χ2n) is 6.56. The summed E-state index contributed by atoms with van der Waals surface area (Å²) in [4.78, 5) is 37.1. The van der Waals surface area contributed by atoms with E-state index in [0.29, 0.717) is 17.0 Å². The SMILES string of the molecule is O=C1NC(=S)N(c2cccc(Br)c2)C(=O)/C1=C/c1ccc(-c2ccc([N+](=O)[O-])cc2Cl)o1. The van der Waals surface area contributed by atoms with Crippen LogP contribution in [0.15, 0.2) is 69.1 Å². The summed E-state index contributed by atoms with van der Waals surface area (Å²) in [7, 11) is 0. The number of halogens is 2. The van der Waals surface area contributed by atoms with E-state index < -0.39 is 16.7 Å². The van der Waals surface area contributed by atoms with Crippen LogP contribution in [0.5, 0.6) is 0 Å². The number of carbonyl (C=O) groups excluding carboxylic acids is 2. The third-order valence-corrected chi connectivity index (χ3v) is 5.60. The lowest BCUT2D eigenvalue weighted by atomic mass is 10.1. The van der Waals surface area contributed by atoms with Crippen molar-refractivity contribution >= 4 is 74.1 Å². The molecule has 2 heterocycles. The minimum Gasteiger partial charge on any atom is -0.457 e. The number of furan rings is 1. The molecule has 1 aliphatic rings. The van der Waals surface area contributed by atoms with Crippen LogP contribution in [0.25, 0.3) is 17.4 Å². The molecule has 0 saturated carbocycles. The van der Waals surface area contributed by atoms with Gasteiger partial charge in [0, 0.05) is 22.2 Å². The number of rotatable bonds is 4. The van der Waals surface area contributed by atoms with Crippen molar-refractivity contribution in [3.8, 4) is 11.3 Å². The number of hydrogen-bond acceptors (Lipinski definition) is 6. The van der Waals surface area contributed by atoms with Crippen molar-refractivity contribution in [3.63, 3.8) is 0 Å². The molecule has 0 spiro atoms. The first-order valence-corrected chi connectivity index (χ1v) is 10.5. The Morgan fingerprint density at radius 1 is 1.16 bits per heavy atom. The molecule has 1 aromatic heterocycles. The van der Waals surface area contributed by atoms with Gasteiger partial charge in [-0.05, 0) is 54.7 Å². The minimum absolute atomic E-state index is 0.0342. The maximum atomic E-state index is 13.1. The summed E-state index contributed by atoms with van der Waals surface area (Å²) in [6.07, 6.45) is 1.30. The molecule has 3 aromatic rings. The van der Waals surface area contributed by atoms with Gasteiger partial charge in [0.2, 0.25) is 0 Å². The molecule has 1 fully saturated rings. The van der Waals surface area contributed by atoms with E-state index in [1.54, 1.807) is 36.4 Å². The minimum atomic E-state index is -0.655. The number of non-ortho nitro benzene ring substituents is 1. The monoisotopic (exact) mass is 531 g/mol. The molecule has 160 valence electrons. The molecule has 2 amide bonds. The number of anilines is 1. The number of benzene rings is 2. The molecule has 0 atom stereocenters. The molecule has 4 rings (SSSR count). The normalized spacial score (nSPS) is 15.2. The number of nitro benzene ring substituents is 1. The zero-order chi connectivity index (χ0) is 23.0. The lowest BCUT2D eigenvalue weighted by Gasteiger charge is -2.28. The second kappa shape index (κ2) is 8.65. The second-order valence-corrected chi connectivity index (χ2v) is 8.27. The maximum Gasteiger partial charge on any atom is 0.270 e. The Morgan fingerprint density at radius 3 is 2.62 bits per heavy atom. The molecule has 11 heteroatoms. The van der Waals surface area contributed by atoms with Crippen LogP contribution in [0.2, 0.25) is 5.02 Å². The topological polar surface area (TPSA) is 106 Å². The van der Waals surface area contributed by atoms with Gasteiger partial charge in [0.05, 0.1) is 15.6 Å². The lowest BCUT2D eigenvalue weighted by molar-refractivity contribution is -0.384. The summed E-state index contributed by atoms with van der Waals surface area (Å²) in [5.41, 5.74) is 0.589. The average molecular weight is 533 g/mol. The fourth-order valence-electron chi connectivity index (χ4n) is 3.04. The van der Waals surface area contributed by atoms with Gasteiger partial charge in [-0.25, -0.2) is 0 Å². The van der Waals surface area contributed by atoms with Gasteiger partial charge in [0.1, 0.15) is 17.1 Å². The van der Waals surface area contributed by atoms with Gasteiger partial charge >= 0.3 is 0 Å². The molecule has 1 saturated heterocycles. The van der Waals surface area contributed by atoms with Crippen molar-refractivity contribution in [2.24, 2.45) is 0 Å². The van der Waals surface area contributed by atoms with Crippen molar-refractivity contribution in [2.75, 3.05) is 4.90 Å². The first-order chi connectivity index (χ1) is 15.2. The van der Waals surface area contributed by atoms with Gasteiger partial charge in [0.15, 0.2) is 5.11 Å². The fraction of sp³-hybridized carbons (Fsp3) is 0. The Balaban J connectivity index is 1.67. The number of nitrogens with one attached hydrogen (secondary N) is 1. The number of hydrogen-bond donors (Lipinski definition) is 1. The Bertz CT molecular complexity index is 1340. The summed E-state index contributed by atoms with van der Waals surface area (Å²) in [5, 5.41) is 13.5. The zero-order valence-corrected chi connectivity index (χ0v) is 19.0. The van der Waals surface area contributed by atoms with Crippen LogP contribution in [0, 0.1) is 10.1 Å². The third kappa shape index (κ3) is 4.20. The zero-order valence-electron chi connectivity index (χ0n) is 15.9. The Morgan fingerprint density at radius 2 is 1.94 bits per heavy atom. The summed E-state index contributed by atoms with van der Waals surface area (Å²) in [6.45, 7) is 0. The quantitative estimate of drug-likeness (QED) is 0.165. The van der Waals surface area contributed by atoms with Gasteiger partial charge in [-0.3, -0.25) is 29.9 Å². The third-order valence-electron chi connectivity index (χ3n) is 4.51.